The van der Waals surface area contributed by atoms with Crippen LogP contribution in [0.5, 0.6) is 0 Å². The highest BCUT2D eigenvalue weighted by atomic mass is 32.1. The van der Waals surface area contributed by atoms with Gasteiger partial charge in [0.25, 0.3) is 0 Å². The molecule has 0 saturated heterocycles. The largest absolute Gasteiger partial charge is 0.462 e. The molecule has 11 heteroatoms. The van der Waals surface area contributed by atoms with Crippen LogP contribution < -0.4 is 10.4 Å². The van der Waals surface area contributed by atoms with Crippen LogP contribution >= 0.6 is 34.0 Å². The van der Waals surface area contributed by atoms with Gasteiger partial charge in [-0.05, 0) is 142 Å². The van der Waals surface area contributed by atoms with Gasteiger partial charge in [0.15, 0.2) is 0 Å². The van der Waals surface area contributed by atoms with Gasteiger partial charge in [0.1, 0.15) is 23.3 Å². The number of hydrogen-bond acceptors (Lipinski definition) is 9. The van der Waals surface area contributed by atoms with E-state index in [4.69, 9.17) is 9.47 Å². The minimum atomic E-state index is -0.658. The molecule has 2 aromatic carbocycles. The molecular formula is C102H154N4O4S3. The molecule has 0 aliphatic carbocycles. The van der Waals surface area contributed by atoms with Crippen LogP contribution in [0, 0.1) is 33.4 Å². The van der Waals surface area contributed by atoms with Crippen LogP contribution in [-0.2, 0) is 55.8 Å². The molecule has 5 heterocycles. The van der Waals surface area contributed by atoms with Gasteiger partial charge in [-0.25, -0.2) is 9.59 Å². The van der Waals surface area contributed by atoms with Gasteiger partial charge in [-0.2, -0.15) is 10.5 Å². The van der Waals surface area contributed by atoms with E-state index >= 15 is 9.59 Å². The van der Waals surface area contributed by atoms with Crippen molar-refractivity contribution in [3.05, 3.63) is 103 Å². The number of nitrogens with zero attached hydrogens (tertiary/aromatic N) is 4. The molecule has 113 heavy (non-hydrogen) atoms. The maximum absolute atomic E-state index is 15.1. The number of carbonyl (C=O) groups excluding carboxylic acids is 2. The molecule has 7 aromatic rings. The smallest absolute Gasteiger partial charge is 0.349 e. The second-order valence-electron chi connectivity index (χ2n) is 33.9. The van der Waals surface area contributed by atoms with Crippen LogP contribution in [-0.4, -0.2) is 34.3 Å². The molecule has 0 amide bonds. The Balaban J connectivity index is 1.37. The fraction of sp³-hybridized carbons (Fsp3) is 0.667. The lowest BCUT2D eigenvalue weighted by Crippen LogP contribution is -2.22. The fourth-order valence-corrected chi connectivity index (χ4v) is 21.2. The van der Waals surface area contributed by atoms with Gasteiger partial charge in [-0.1, -0.05) is 350 Å². The van der Waals surface area contributed by atoms with Crippen molar-refractivity contribution in [3.63, 3.8) is 0 Å². The molecular weight excluding hydrogens is 1440 g/mol. The van der Waals surface area contributed by atoms with Crippen molar-refractivity contribution in [1.82, 2.24) is 9.13 Å². The Morgan fingerprint density at radius 2 is 0.717 bits per heavy atom. The van der Waals surface area contributed by atoms with E-state index < -0.39 is 11.9 Å². The molecule has 7 rings (SSSR count). The third-order valence-electron chi connectivity index (χ3n) is 25.5. The Morgan fingerprint density at radius 1 is 0.363 bits per heavy atom. The lowest BCUT2D eigenvalue weighted by atomic mass is 9.77. The summed E-state index contributed by atoms with van der Waals surface area (Å²) >= 11 is 5.91. The van der Waals surface area contributed by atoms with E-state index in [0.717, 1.165) is 111 Å². The molecule has 0 fully saturated rings. The van der Waals surface area contributed by atoms with E-state index in [1.165, 1.54) is 260 Å². The number of hydrogen-bond donors (Lipinski definition) is 0. The van der Waals surface area contributed by atoms with Crippen molar-refractivity contribution in [2.24, 2.45) is 0 Å². The zero-order valence-electron chi connectivity index (χ0n) is 73.6. The zero-order chi connectivity index (χ0) is 81.1. The molecule has 0 saturated carbocycles. The average molecular weight is 1600 g/mol. The average Bonchev–Trinajstić information content (AvgIpc) is 1.55. The standard InChI is InChI=1S/C102H154N4O4S3/c1-13-23-27-31-35-39-43-45-47-51-55-59-63-80-74-91(112-97(80)90-70-69-89(111-90)92-75-81(98(113-92)102(12,19-7)20-8)64-60-56-52-48-46-44-40-36-32-28-24-14-2)79-65-67-83-87(73-79)105(21-9)95(93(83)85(77-103)99(107)109-71-61-57-53-49-41-37-33-29-25-15-3)96-94(84-68-66-82(101(11,17-5)18-6)76-88(84)106(96)22-10)86(78-104)100(108)110-72-62-58-54-50-42-38-34-30-26-16-4/h65-70,73-76H,13-64,71-72H2,1-12H3/b93-85+,94-86+,96-95+. The number of rotatable bonds is 61. The summed E-state index contributed by atoms with van der Waals surface area (Å²) in [6, 6.07) is 27.9. The lowest BCUT2D eigenvalue weighted by molar-refractivity contribution is -0.137. The first-order valence-corrected chi connectivity index (χ1v) is 49.3. The number of benzene rings is 2. The monoisotopic (exact) mass is 1600 g/mol. The highest BCUT2D eigenvalue weighted by Gasteiger charge is 2.31. The summed E-state index contributed by atoms with van der Waals surface area (Å²) in [5.41, 5.74) is 6.81. The number of unbranched alkanes of at least 4 members (excludes halogenated alkanes) is 40. The maximum atomic E-state index is 15.1. The van der Waals surface area contributed by atoms with Crippen LogP contribution in [0.3, 0.4) is 0 Å². The highest BCUT2D eigenvalue weighted by Crippen LogP contribution is 2.48. The second kappa shape index (κ2) is 52.9. The SMILES string of the molecule is CCCCCCCCCCCCCCc1cc(-c2ccc3c(=C(/C#N)C(=O)OCCCCCCCCCCCC)/c(=c4/c(=C(\C#N)C(=O)OCCCCCCCCCCCC)c5ccc(C(C)(CC)CC)cc5n4CC)n(CC)c3c2)sc1-c1ccc(-c2cc(CCCCCCCCCCCCCC)c(C(C)(CC)CC)s2)s1. The van der Waals surface area contributed by atoms with E-state index in [9.17, 15) is 10.5 Å². The van der Waals surface area contributed by atoms with Gasteiger partial charge in [0.2, 0.25) is 0 Å². The summed E-state index contributed by atoms with van der Waals surface area (Å²) in [4.78, 5) is 38.3. The molecule has 0 aliphatic rings. The molecule has 0 N–H and O–H groups in total. The third-order valence-corrected chi connectivity index (χ3v) is 29.7. The second-order valence-corrected chi connectivity index (χ2v) is 37.1. The van der Waals surface area contributed by atoms with Crippen molar-refractivity contribution >= 4 is 78.9 Å². The van der Waals surface area contributed by atoms with E-state index in [2.05, 4.69) is 176 Å². The van der Waals surface area contributed by atoms with Crippen LogP contribution in [0.4, 0.5) is 0 Å². The Hall–Kier alpha value is -5.72. The van der Waals surface area contributed by atoms with Gasteiger partial charge >= 0.3 is 11.9 Å². The van der Waals surface area contributed by atoms with E-state index in [0.29, 0.717) is 47.1 Å². The number of ether oxygens (including phenoxy) is 2. The molecule has 0 bridgehead atoms. The number of thiophene rings is 3. The first-order chi connectivity index (χ1) is 55.2. The molecule has 0 radical (unpaired) electrons. The number of carbonyl (C=O) groups is 2. The predicted octanol–water partition coefficient (Wildman–Crippen LogP) is 31.0. The summed E-state index contributed by atoms with van der Waals surface area (Å²) in [5.74, 6) is -1.32. The maximum Gasteiger partial charge on any atom is 0.349 e. The molecule has 624 valence electrons. The van der Waals surface area contributed by atoms with Gasteiger partial charge in [-0.3, -0.25) is 0 Å². The Morgan fingerprint density at radius 3 is 1.11 bits per heavy atom. The normalized spacial score (nSPS) is 12.9. The van der Waals surface area contributed by atoms with E-state index in [-0.39, 0.29) is 35.2 Å². The molecule has 0 atom stereocenters. The minimum Gasteiger partial charge on any atom is -0.462 e. The predicted molar refractivity (Wildman–Crippen MR) is 491 cm³/mol. The Bertz CT molecular complexity index is 4240. The van der Waals surface area contributed by atoms with Crippen molar-refractivity contribution in [2.75, 3.05) is 13.2 Å². The van der Waals surface area contributed by atoms with Crippen LogP contribution in [0.2, 0.25) is 0 Å². The van der Waals surface area contributed by atoms with Crippen LogP contribution in [0.25, 0.3) is 62.9 Å². The number of aromatic nitrogens is 2. The van der Waals surface area contributed by atoms with Gasteiger partial charge < -0.3 is 18.6 Å². The minimum absolute atomic E-state index is 0.0777. The summed E-state index contributed by atoms with van der Waals surface area (Å²) < 4.78 is 16.9. The third kappa shape index (κ3) is 28.0. The molecule has 5 aromatic heterocycles. The van der Waals surface area contributed by atoms with Gasteiger partial charge in [0, 0.05) is 80.0 Å². The van der Waals surface area contributed by atoms with Crippen molar-refractivity contribution in [2.45, 2.75) is 428 Å². The van der Waals surface area contributed by atoms with Gasteiger partial charge in [0.05, 0.1) is 23.9 Å². The van der Waals surface area contributed by atoms with Crippen molar-refractivity contribution in [3.8, 4) is 42.1 Å². The summed E-state index contributed by atoms with van der Waals surface area (Å²) in [7, 11) is 0. The van der Waals surface area contributed by atoms with E-state index in [1.807, 2.05) is 22.7 Å². The van der Waals surface area contributed by atoms with Gasteiger partial charge in [-0.15, -0.1) is 34.0 Å². The first kappa shape index (κ1) is 94.4. The quantitative estimate of drug-likeness (QED) is 0.0277. The molecule has 0 spiro atoms. The Labute approximate surface area is 699 Å². The topological polar surface area (TPSA) is 110 Å². The number of fused-ring (bicyclic) bond motifs is 2. The molecule has 0 aliphatic heterocycles. The fourth-order valence-electron chi connectivity index (χ4n) is 17.3. The molecule has 0 unspecified atom stereocenters. The molecule has 8 nitrogen and oxygen atoms in total. The number of nitriles is 2. The van der Waals surface area contributed by atoms with Crippen molar-refractivity contribution in [1.29, 1.82) is 10.5 Å². The highest BCUT2D eigenvalue weighted by molar-refractivity contribution is 7.27. The van der Waals surface area contributed by atoms with Crippen LogP contribution in [0.15, 0.2) is 60.7 Å². The van der Waals surface area contributed by atoms with Crippen molar-refractivity contribution < 1.29 is 19.1 Å². The lowest BCUT2D eigenvalue weighted by Gasteiger charge is -2.27. The number of esters is 2. The van der Waals surface area contributed by atoms with E-state index in [1.54, 1.807) is 10.4 Å². The summed E-state index contributed by atoms with van der Waals surface area (Å²) in [6.07, 6.45) is 61.3. The van der Waals surface area contributed by atoms with Crippen LogP contribution in [0.1, 0.15) is 413 Å². The summed E-state index contributed by atoms with van der Waals surface area (Å²) in [5, 5.41) is 27.0. The first-order valence-electron chi connectivity index (χ1n) is 46.8. The summed E-state index contributed by atoms with van der Waals surface area (Å²) in [6.45, 7) is 28.8. The number of aryl methyl sites for hydroxylation is 4. The Kier molecular flexibility index (Phi) is 44.2. The zero-order valence-corrected chi connectivity index (χ0v) is 76.1.